The number of rotatable bonds is 5. The monoisotopic (exact) mass is 404 g/mol. The summed E-state index contributed by atoms with van der Waals surface area (Å²) in [6.07, 6.45) is 2.01. The molecular weight excluding hydrogens is 383 g/mol. The Bertz CT molecular complexity index is 791. The lowest BCUT2D eigenvalue weighted by molar-refractivity contribution is -0.119. The largest absolute Gasteiger partial charge is 0.312 e. The minimum atomic E-state index is -3.51. The highest BCUT2D eigenvalue weighted by molar-refractivity contribution is 7.89. The molecule has 1 heterocycles. The molecule has 0 spiro atoms. The van der Waals surface area contributed by atoms with Crippen LogP contribution in [-0.2, 0) is 21.2 Å². The van der Waals surface area contributed by atoms with Crippen molar-refractivity contribution >= 4 is 44.8 Å². The number of sulfonamides is 1. The molecule has 0 bridgehead atoms. The summed E-state index contributed by atoms with van der Waals surface area (Å²) in [5, 5.41) is 0. The molecular formula is C17H22Cl2N2O3S. The number of fused-ring (bicyclic) bond motifs is 1. The Morgan fingerprint density at radius 1 is 1.32 bits per heavy atom. The summed E-state index contributed by atoms with van der Waals surface area (Å²) < 4.78 is 25.9. The average molecular weight is 405 g/mol. The fraction of sp³-hybridized carbons (Fsp3) is 0.588. The Morgan fingerprint density at radius 2 is 1.96 bits per heavy atom. The maximum absolute atomic E-state index is 12.7. The van der Waals surface area contributed by atoms with Gasteiger partial charge in [-0.2, -0.15) is 4.31 Å². The summed E-state index contributed by atoms with van der Waals surface area (Å²) in [5.74, 6) is -0.453. The predicted octanol–water partition coefficient (Wildman–Crippen LogP) is 3.19. The van der Waals surface area contributed by atoms with Crippen LogP contribution in [0.4, 0.5) is 5.69 Å². The van der Waals surface area contributed by atoms with Crippen LogP contribution in [0, 0.1) is 5.92 Å². The Kier molecular flexibility index (Phi) is 5.10. The first-order chi connectivity index (χ1) is 11.7. The molecule has 1 unspecified atom stereocenters. The van der Waals surface area contributed by atoms with Crippen molar-refractivity contribution in [3.63, 3.8) is 0 Å². The van der Waals surface area contributed by atoms with Crippen molar-refractivity contribution in [3.8, 4) is 0 Å². The van der Waals surface area contributed by atoms with Gasteiger partial charge in [-0.1, -0.05) is 13.8 Å². The Labute approximate surface area is 158 Å². The van der Waals surface area contributed by atoms with Gasteiger partial charge in [0.2, 0.25) is 15.9 Å². The molecule has 1 aromatic carbocycles. The third-order valence-electron chi connectivity index (χ3n) is 4.90. The second kappa shape index (κ2) is 6.72. The van der Waals surface area contributed by atoms with Gasteiger partial charge in [0.15, 0.2) is 0 Å². The number of amides is 1. The second-order valence-electron chi connectivity index (χ2n) is 6.49. The van der Waals surface area contributed by atoms with Crippen LogP contribution in [0.1, 0.15) is 32.3 Å². The molecule has 8 heteroatoms. The van der Waals surface area contributed by atoms with Gasteiger partial charge in [0.1, 0.15) is 4.33 Å². The Balaban J connectivity index is 1.92. The van der Waals surface area contributed by atoms with E-state index in [0.717, 1.165) is 24.1 Å². The van der Waals surface area contributed by atoms with E-state index in [1.54, 1.807) is 23.1 Å². The smallest absolute Gasteiger partial charge is 0.243 e. The van der Waals surface area contributed by atoms with Crippen LogP contribution < -0.4 is 4.90 Å². The van der Waals surface area contributed by atoms with Crippen LogP contribution in [0.25, 0.3) is 0 Å². The molecule has 1 amide bonds. The van der Waals surface area contributed by atoms with E-state index in [0.29, 0.717) is 26.1 Å². The lowest BCUT2D eigenvalue weighted by atomic mass is 10.0. The van der Waals surface area contributed by atoms with Gasteiger partial charge >= 0.3 is 0 Å². The molecule has 1 aliphatic carbocycles. The molecule has 1 aromatic rings. The van der Waals surface area contributed by atoms with Crippen molar-refractivity contribution in [1.82, 2.24) is 4.31 Å². The van der Waals surface area contributed by atoms with Gasteiger partial charge in [-0.05, 0) is 43.0 Å². The topological polar surface area (TPSA) is 57.7 Å². The molecule has 3 rings (SSSR count). The number of alkyl halides is 2. The summed E-state index contributed by atoms with van der Waals surface area (Å²) in [4.78, 5) is 14.6. The van der Waals surface area contributed by atoms with Gasteiger partial charge in [-0.25, -0.2) is 8.42 Å². The fourth-order valence-electron chi connectivity index (χ4n) is 3.34. The maximum atomic E-state index is 12.7. The van der Waals surface area contributed by atoms with E-state index in [1.165, 1.54) is 4.31 Å². The summed E-state index contributed by atoms with van der Waals surface area (Å²) in [5.41, 5.74) is 1.65. The number of nitrogens with zero attached hydrogens (tertiary/aromatic N) is 2. The molecule has 0 radical (unpaired) electrons. The van der Waals surface area contributed by atoms with Crippen molar-refractivity contribution in [2.45, 2.75) is 42.3 Å². The minimum Gasteiger partial charge on any atom is -0.312 e. The highest BCUT2D eigenvalue weighted by Crippen LogP contribution is 2.54. The first kappa shape index (κ1) is 19.0. The molecule has 25 heavy (non-hydrogen) atoms. The third kappa shape index (κ3) is 3.42. The van der Waals surface area contributed by atoms with Gasteiger partial charge in [0, 0.05) is 25.3 Å². The molecule has 0 aromatic heterocycles. The summed E-state index contributed by atoms with van der Waals surface area (Å²) in [6.45, 7) is 5.10. The Hall–Kier alpha value is -0.820. The molecule has 0 saturated heterocycles. The fourth-order valence-corrected chi connectivity index (χ4v) is 5.35. The van der Waals surface area contributed by atoms with Crippen molar-refractivity contribution in [1.29, 1.82) is 0 Å². The number of hydrogen-bond donors (Lipinski definition) is 0. The summed E-state index contributed by atoms with van der Waals surface area (Å²) >= 11 is 12.1. The van der Waals surface area contributed by atoms with Crippen LogP contribution in [0.3, 0.4) is 0 Å². The van der Waals surface area contributed by atoms with E-state index < -0.39 is 14.4 Å². The first-order valence-electron chi connectivity index (χ1n) is 8.54. The number of anilines is 1. The van der Waals surface area contributed by atoms with E-state index in [4.69, 9.17) is 23.2 Å². The molecule has 138 valence electrons. The van der Waals surface area contributed by atoms with Crippen molar-refractivity contribution in [3.05, 3.63) is 23.8 Å². The molecule has 2 aliphatic rings. The first-order valence-corrected chi connectivity index (χ1v) is 10.7. The zero-order chi connectivity index (χ0) is 18.4. The van der Waals surface area contributed by atoms with E-state index in [-0.39, 0.29) is 16.7 Å². The number of halogens is 2. The number of aryl methyl sites for hydroxylation is 1. The normalized spacial score (nSPS) is 22.0. The summed E-state index contributed by atoms with van der Waals surface area (Å²) in [6, 6.07) is 5.01. The molecule has 5 nitrogen and oxygen atoms in total. The SMILES string of the molecule is CCN(CC)S(=O)(=O)c1ccc2c(c1)CCCN2C(=O)C1CC1(Cl)Cl. The lowest BCUT2D eigenvalue weighted by Gasteiger charge is -2.30. The van der Waals surface area contributed by atoms with Gasteiger partial charge in [0.25, 0.3) is 0 Å². The highest BCUT2D eigenvalue weighted by Gasteiger charge is 2.57. The standard InChI is InChI=1S/C17H22Cl2N2O3S/c1-3-20(4-2)25(23,24)13-7-8-15-12(10-13)6-5-9-21(15)16(22)14-11-17(14,18)19/h7-8,10,14H,3-6,9,11H2,1-2H3. The van der Waals surface area contributed by atoms with Crippen LogP contribution in [0.2, 0.25) is 0 Å². The molecule has 1 fully saturated rings. The van der Waals surface area contributed by atoms with Crippen LogP contribution >= 0.6 is 23.2 Å². The number of hydrogen-bond acceptors (Lipinski definition) is 3. The lowest BCUT2D eigenvalue weighted by Crippen LogP contribution is -2.37. The van der Waals surface area contributed by atoms with Crippen molar-refractivity contribution < 1.29 is 13.2 Å². The van der Waals surface area contributed by atoms with Crippen molar-refractivity contribution in [2.24, 2.45) is 5.92 Å². The molecule has 1 saturated carbocycles. The van der Waals surface area contributed by atoms with Gasteiger partial charge in [0.05, 0.1) is 10.8 Å². The number of carbonyl (C=O) groups is 1. The van der Waals surface area contributed by atoms with E-state index in [2.05, 4.69) is 0 Å². The molecule has 1 aliphatic heterocycles. The Morgan fingerprint density at radius 3 is 2.52 bits per heavy atom. The third-order valence-corrected chi connectivity index (χ3v) is 7.78. The summed E-state index contributed by atoms with van der Waals surface area (Å²) in [7, 11) is -3.51. The molecule has 0 N–H and O–H groups in total. The van der Waals surface area contributed by atoms with Gasteiger partial charge in [-0.3, -0.25) is 4.79 Å². The highest BCUT2D eigenvalue weighted by atomic mass is 35.5. The van der Waals surface area contributed by atoms with Gasteiger partial charge in [-0.15, -0.1) is 23.2 Å². The number of carbonyl (C=O) groups excluding carboxylic acids is 1. The van der Waals surface area contributed by atoms with Crippen LogP contribution in [0.15, 0.2) is 23.1 Å². The van der Waals surface area contributed by atoms with Gasteiger partial charge < -0.3 is 4.90 Å². The maximum Gasteiger partial charge on any atom is 0.243 e. The number of benzene rings is 1. The predicted molar refractivity (Wildman–Crippen MR) is 99.8 cm³/mol. The second-order valence-corrected chi connectivity index (χ2v) is 9.97. The van der Waals surface area contributed by atoms with Crippen LogP contribution in [-0.4, -0.2) is 42.6 Å². The van der Waals surface area contributed by atoms with E-state index in [1.807, 2.05) is 13.8 Å². The van der Waals surface area contributed by atoms with E-state index in [9.17, 15) is 13.2 Å². The van der Waals surface area contributed by atoms with E-state index >= 15 is 0 Å². The molecule has 1 atom stereocenters. The average Bonchev–Trinajstić information content (AvgIpc) is 3.22. The van der Waals surface area contributed by atoms with Crippen LogP contribution in [0.5, 0.6) is 0 Å². The zero-order valence-corrected chi connectivity index (χ0v) is 16.7. The quantitative estimate of drug-likeness (QED) is 0.707. The van der Waals surface area contributed by atoms with Crippen molar-refractivity contribution in [2.75, 3.05) is 24.5 Å². The minimum absolute atomic E-state index is 0.0784. The zero-order valence-electron chi connectivity index (χ0n) is 14.3.